The van der Waals surface area contributed by atoms with Gasteiger partial charge in [-0.1, -0.05) is 0 Å². The molecule has 0 radical (unpaired) electrons. The van der Waals surface area contributed by atoms with E-state index >= 15 is 0 Å². The van der Waals surface area contributed by atoms with Crippen LogP contribution in [0.1, 0.15) is 15.2 Å². The van der Waals surface area contributed by atoms with Gasteiger partial charge in [-0.05, 0) is 34.5 Å². The summed E-state index contributed by atoms with van der Waals surface area (Å²) in [5.74, 6) is -0.151. The first-order chi connectivity index (χ1) is 7.60. The van der Waals surface area contributed by atoms with Crippen LogP contribution in [0.4, 0.5) is 0 Å². The van der Waals surface area contributed by atoms with Crippen LogP contribution in [0.2, 0.25) is 0 Å². The Labute approximate surface area is 107 Å². The van der Waals surface area contributed by atoms with Gasteiger partial charge >= 0.3 is 0 Å². The summed E-state index contributed by atoms with van der Waals surface area (Å²) < 4.78 is 0.934. The first-order valence-electron chi connectivity index (χ1n) is 4.87. The first-order valence-corrected chi connectivity index (χ1v) is 6.48. The number of carbonyl (C=O) groups excluding carboxylic acids is 1. The van der Waals surface area contributed by atoms with Crippen LogP contribution >= 0.6 is 27.3 Å². The van der Waals surface area contributed by atoms with Crippen molar-refractivity contribution in [2.75, 3.05) is 26.3 Å². The standard InChI is InChI=1S/C10H14BrNO3S/c1-7-6-8(16-9(7)11)10(15)12(2-4-13)3-5-14/h6,13-14H,2-5H2,1H3. The van der Waals surface area contributed by atoms with Crippen molar-refractivity contribution in [2.24, 2.45) is 0 Å². The normalized spacial score (nSPS) is 10.5. The Hall–Kier alpha value is -0.430. The number of aliphatic hydroxyl groups excluding tert-OH is 2. The lowest BCUT2D eigenvalue weighted by atomic mass is 10.3. The van der Waals surface area contributed by atoms with Crippen molar-refractivity contribution in [3.05, 3.63) is 20.3 Å². The Kier molecular flexibility index (Phi) is 5.40. The highest BCUT2D eigenvalue weighted by Crippen LogP contribution is 2.28. The molecule has 1 amide bonds. The van der Waals surface area contributed by atoms with Crippen LogP contribution in [-0.2, 0) is 0 Å². The molecule has 0 aliphatic heterocycles. The monoisotopic (exact) mass is 307 g/mol. The number of thiophene rings is 1. The second-order valence-corrected chi connectivity index (χ2v) is 5.68. The molecule has 2 N–H and O–H groups in total. The van der Waals surface area contributed by atoms with Crippen molar-refractivity contribution in [3.8, 4) is 0 Å². The molecule has 1 aromatic heterocycles. The van der Waals surface area contributed by atoms with E-state index in [1.807, 2.05) is 6.92 Å². The van der Waals surface area contributed by atoms with Gasteiger partial charge in [0.1, 0.15) is 0 Å². The molecule has 0 atom stereocenters. The number of nitrogens with zero attached hydrogens (tertiary/aromatic N) is 1. The van der Waals surface area contributed by atoms with E-state index < -0.39 is 0 Å². The Morgan fingerprint density at radius 1 is 1.44 bits per heavy atom. The lowest BCUT2D eigenvalue weighted by molar-refractivity contribution is 0.0689. The molecule has 0 unspecified atom stereocenters. The van der Waals surface area contributed by atoms with Crippen molar-refractivity contribution in [3.63, 3.8) is 0 Å². The smallest absolute Gasteiger partial charge is 0.264 e. The Morgan fingerprint density at radius 3 is 2.38 bits per heavy atom. The molecule has 4 nitrogen and oxygen atoms in total. The topological polar surface area (TPSA) is 60.8 Å². The minimum absolute atomic E-state index is 0.0999. The summed E-state index contributed by atoms with van der Waals surface area (Å²) in [6.45, 7) is 2.20. The Balaban J connectivity index is 2.81. The summed E-state index contributed by atoms with van der Waals surface area (Å²) in [4.78, 5) is 14.0. The van der Waals surface area contributed by atoms with Gasteiger partial charge in [0.2, 0.25) is 0 Å². The van der Waals surface area contributed by atoms with Crippen LogP contribution in [0.25, 0.3) is 0 Å². The van der Waals surface area contributed by atoms with Gasteiger partial charge in [-0.25, -0.2) is 0 Å². The average molecular weight is 308 g/mol. The summed E-state index contributed by atoms with van der Waals surface area (Å²) in [6, 6.07) is 1.80. The molecular weight excluding hydrogens is 294 g/mol. The number of hydrogen-bond donors (Lipinski definition) is 2. The zero-order valence-electron chi connectivity index (χ0n) is 8.94. The van der Waals surface area contributed by atoms with Crippen molar-refractivity contribution >= 4 is 33.2 Å². The minimum atomic E-state index is -0.151. The van der Waals surface area contributed by atoms with E-state index in [-0.39, 0.29) is 32.2 Å². The zero-order chi connectivity index (χ0) is 12.1. The van der Waals surface area contributed by atoms with Crippen molar-refractivity contribution in [1.29, 1.82) is 0 Å². The van der Waals surface area contributed by atoms with Crippen LogP contribution in [0, 0.1) is 6.92 Å². The summed E-state index contributed by atoms with van der Waals surface area (Å²) >= 11 is 4.73. The van der Waals surface area contributed by atoms with E-state index in [4.69, 9.17) is 10.2 Å². The number of amides is 1. The number of rotatable bonds is 5. The molecule has 6 heteroatoms. The van der Waals surface area contributed by atoms with Gasteiger partial charge in [-0.3, -0.25) is 4.79 Å². The van der Waals surface area contributed by atoms with E-state index in [1.165, 1.54) is 16.2 Å². The van der Waals surface area contributed by atoms with Crippen molar-refractivity contribution in [2.45, 2.75) is 6.92 Å². The molecule has 90 valence electrons. The summed E-state index contributed by atoms with van der Waals surface area (Å²) in [7, 11) is 0. The molecule has 0 saturated carbocycles. The first kappa shape index (κ1) is 13.6. The molecule has 0 aliphatic rings. The molecule has 0 bridgehead atoms. The van der Waals surface area contributed by atoms with Crippen LogP contribution < -0.4 is 0 Å². The molecule has 1 aromatic rings. The lowest BCUT2D eigenvalue weighted by Crippen LogP contribution is -2.35. The quantitative estimate of drug-likeness (QED) is 0.860. The van der Waals surface area contributed by atoms with Gasteiger partial charge in [-0.15, -0.1) is 11.3 Å². The van der Waals surface area contributed by atoms with Gasteiger partial charge in [0, 0.05) is 13.1 Å². The van der Waals surface area contributed by atoms with Gasteiger partial charge in [-0.2, -0.15) is 0 Å². The maximum Gasteiger partial charge on any atom is 0.264 e. The van der Waals surface area contributed by atoms with Crippen LogP contribution in [0.15, 0.2) is 9.85 Å². The Morgan fingerprint density at radius 2 is 2.00 bits per heavy atom. The molecule has 16 heavy (non-hydrogen) atoms. The Bertz CT molecular complexity index is 341. The summed E-state index contributed by atoms with van der Waals surface area (Å²) in [6.07, 6.45) is 0. The fourth-order valence-corrected chi connectivity index (χ4v) is 2.78. The maximum atomic E-state index is 12.0. The highest BCUT2D eigenvalue weighted by Gasteiger charge is 2.17. The van der Waals surface area contributed by atoms with Crippen LogP contribution in [-0.4, -0.2) is 47.3 Å². The molecule has 0 spiro atoms. The van der Waals surface area contributed by atoms with Gasteiger partial charge in [0.25, 0.3) is 5.91 Å². The molecule has 0 saturated heterocycles. The van der Waals surface area contributed by atoms with Crippen molar-refractivity contribution < 1.29 is 15.0 Å². The molecular formula is C10H14BrNO3S. The molecule has 0 fully saturated rings. The second kappa shape index (κ2) is 6.34. The molecule has 1 heterocycles. The van der Waals surface area contributed by atoms with E-state index in [0.717, 1.165) is 9.35 Å². The van der Waals surface area contributed by atoms with E-state index in [0.29, 0.717) is 4.88 Å². The highest BCUT2D eigenvalue weighted by atomic mass is 79.9. The third-order valence-corrected chi connectivity index (χ3v) is 4.22. The van der Waals surface area contributed by atoms with Crippen LogP contribution in [0.3, 0.4) is 0 Å². The lowest BCUT2D eigenvalue weighted by Gasteiger charge is -2.19. The number of aryl methyl sites for hydroxylation is 1. The maximum absolute atomic E-state index is 12.0. The zero-order valence-corrected chi connectivity index (χ0v) is 11.3. The number of carbonyl (C=O) groups is 1. The molecule has 0 aliphatic carbocycles. The highest BCUT2D eigenvalue weighted by molar-refractivity contribution is 9.11. The van der Waals surface area contributed by atoms with Gasteiger partial charge in [0.05, 0.1) is 21.9 Å². The number of hydrogen-bond acceptors (Lipinski definition) is 4. The minimum Gasteiger partial charge on any atom is -0.395 e. The van der Waals surface area contributed by atoms with Gasteiger partial charge in [0.15, 0.2) is 0 Å². The number of aliphatic hydroxyl groups is 2. The predicted molar refractivity (Wildman–Crippen MR) is 66.8 cm³/mol. The molecule has 1 rings (SSSR count). The third kappa shape index (κ3) is 3.28. The fourth-order valence-electron chi connectivity index (χ4n) is 1.28. The summed E-state index contributed by atoms with van der Waals surface area (Å²) in [5, 5.41) is 17.7. The van der Waals surface area contributed by atoms with E-state index in [1.54, 1.807) is 6.07 Å². The molecule has 0 aromatic carbocycles. The van der Waals surface area contributed by atoms with E-state index in [9.17, 15) is 4.79 Å². The van der Waals surface area contributed by atoms with E-state index in [2.05, 4.69) is 15.9 Å². The average Bonchev–Trinajstić information content (AvgIpc) is 2.58. The third-order valence-electron chi connectivity index (χ3n) is 2.10. The fraction of sp³-hybridized carbons (Fsp3) is 0.500. The summed E-state index contributed by atoms with van der Waals surface area (Å²) in [5.41, 5.74) is 1.02. The van der Waals surface area contributed by atoms with Gasteiger partial charge < -0.3 is 15.1 Å². The largest absolute Gasteiger partial charge is 0.395 e. The SMILES string of the molecule is Cc1cc(C(=O)N(CCO)CCO)sc1Br. The predicted octanol–water partition coefficient (Wildman–Crippen LogP) is 1.25. The number of halogens is 1. The second-order valence-electron chi connectivity index (χ2n) is 3.31. The van der Waals surface area contributed by atoms with Crippen LogP contribution in [0.5, 0.6) is 0 Å². The van der Waals surface area contributed by atoms with Crippen molar-refractivity contribution in [1.82, 2.24) is 4.90 Å².